The molecular weight excluding hydrogens is 352 g/mol. The van der Waals surface area contributed by atoms with Crippen molar-refractivity contribution in [3.05, 3.63) is 59.9 Å². The summed E-state index contributed by atoms with van der Waals surface area (Å²) in [5.41, 5.74) is 3.57. The van der Waals surface area contributed by atoms with Crippen LogP contribution in [0.1, 0.15) is 24.2 Å². The SMILES string of the molecule is Cc1ccc(NC(=O)Cn2c(CC(=O)N3CCCC3)nc3ccccc32)cc1. The van der Waals surface area contributed by atoms with E-state index in [1.165, 1.54) is 0 Å². The third-order valence-corrected chi connectivity index (χ3v) is 5.14. The van der Waals surface area contributed by atoms with Gasteiger partial charge in [-0.3, -0.25) is 9.59 Å². The number of carbonyl (C=O) groups excluding carboxylic acids is 2. The Bertz CT molecular complexity index is 1000. The van der Waals surface area contributed by atoms with Gasteiger partial charge in [-0.15, -0.1) is 0 Å². The highest BCUT2D eigenvalue weighted by molar-refractivity contribution is 5.92. The van der Waals surface area contributed by atoms with Crippen LogP contribution in [0.15, 0.2) is 48.5 Å². The van der Waals surface area contributed by atoms with Gasteiger partial charge in [-0.2, -0.15) is 0 Å². The van der Waals surface area contributed by atoms with Crippen LogP contribution in [0.4, 0.5) is 5.69 Å². The molecule has 0 bridgehead atoms. The fourth-order valence-electron chi connectivity index (χ4n) is 3.63. The first-order chi connectivity index (χ1) is 13.6. The fourth-order valence-corrected chi connectivity index (χ4v) is 3.63. The van der Waals surface area contributed by atoms with E-state index in [0.29, 0.717) is 5.82 Å². The van der Waals surface area contributed by atoms with Crippen LogP contribution in [0, 0.1) is 6.92 Å². The highest BCUT2D eigenvalue weighted by atomic mass is 16.2. The van der Waals surface area contributed by atoms with E-state index in [9.17, 15) is 9.59 Å². The lowest BCUT2D eigenvalue weighted by Gasteiger charge is -2.16. The summed E-state index contributed by atoms with van der Waals surface area (Å²) in [6, 6.07) is 15.4. The Hall–Kier alpha value is -3.15. The van der Waals surface area contributed by atoms with E-state index in [4.69, 9.17) is 0 Å². The number of amides is 2. The summed E-state index contributed by atoms with van der Waals surface area (Å²) in [6.07, 6.45) is 2.33. The molecule has 0 radical (unpaired) electrons. The molecule has 6 heteroatoms. The molecule has 2 heterocycles. The molecule has 1 saturated heterocycles. The van der Waals surface area contributed by atoms with Gasteiger partial charge in [0.2, 0.25) is 11.8 Å². The molecule has 3 aromatic rings. The molecule has 1 aromatic heterocycles. The number of hydrogen-bond donors (Lipinski definition) is 1. The molecule has 1 fully saturated rings. The quantitative estimate of drug-likeness (QED) is 0.744. The van der Waals surface area contributed by atoms with Gasteiger partial charge < -0.3 is 14.8 Å². The topological polar surface area (TPSA) is 67.2 Å². The highest BCUT2D eigenvalue weighted by Crippen LogP contribution is 2.19. The fraction of sp³-hybridized carbons (Fsp3) is 0.318. The van der Waals surface area contributed by atoms with Crippen molar-refractivity contribution in [2.45, 2.75) is 32.7 Å². The van der Waals surface area contributed by atoms with Crippen molar-refractivity contribution in [3.63, 3.8) is 0 Å². The Morgan fingerprint density at radius 1 is 1.04 bits per heavy atom. The third kappa shape index (κ3) is 3.91. The van der Waals surface area contributed by atoms with Crippen LogP contribution in [0.3, 0.4) is 0 Å². The van der Waals surface area contributed by atoms with Gasteiger partial charge in [0.15, 0.2) is 0 Å². The normalized spacial score (nSPS) is 13.8. The number of fused-ring (bicyclic) bond motifs is 1. The lowest BCUT2D eigenvalue weighted by atomic mass is 10.2. The van der Waals surface area contributed by atoms with E-state index >= 15 is 0 Å². The second-order valence-electron chi connectivity index (χ2n) is 7.28. The van der Waals surface area contributed by atoms with Gasteiger partial charge >= 0.3 is 0 Å². The summed E-state index contributed by atoms with van der Waals surface area (Å²) in [5, 5.41) is 2.92. The van der Waals surface area contributed by atoms with Crippen LogP contribution in [0.5, 0.6) is 0 Å². The summed E-state index contributed by atoms with van der Waals surface area (Å²) in [4.78, 5) is 31.8. The van der Waals surface area contributed by atoms with Crippen LogP contribution in [0.2, 0.25) is 0 Å². The zero-order chi connectivity index (χ0) is 19.5. The molecule has 0 atom stereocenters. The van der Waals surface area contributed by atoms with Gasteiger partial charge in [0.25, 0.3) is 0 Å². The highest BCUT2D eigenvalue weighted by Gasteiger charge is 2.22. The Morgan fingerprint density at radius 2 is 1.75 bits per heavy atom. The van der Waals surface area contributed by atoms with E-state index in [2.05, 4.69) is 10.3 Å². The first-order valence-electron chi connectivity index (χ1n) is 9.68. The van der Waals surface area contributed by atoms with Crippen molar-refractivity contribution < 1.29 is 9.59 Å². The van der Waals surface area contributed by atoms with Crippen molar-refractivity contribution in [3.8, 4) is 0 Å². The van der Waals surface area contributed by atoms with Gasteiger partial charge in [0.05, 0.1) is 17.5 Å². The van der Waals surface area contributed by atoms with Crippen LogP contribution >= 0.6 is 0 Å². The van der Waals surface area contributed by atoms with Crippen LogP contribution in [0.25, 0.3) is 11.0 Å². The minimum atomic E-state index is -0.137. The molecule has 0 unspecified atom stereocenters. The third-order valence-electron chi connectivity index (χ3n) is 5.14. The molecule has 1 aliphatic heterocycles. The number of para-hydroxylation sites is 2. The van der Waals surface area contributed by atoms with Gasteiger partial charge in [0, 0.05) is 18.8 Å². The van der Waals surface area contributed by atoms with Crippen molar-refractivity contribution in [1.82, 2.24) is 14.5 Å². The van der Waals surface area contributed by atoms with Gasteiger partial charge in [-0.05, 0) is 44.0 Å². The first-order valence-corrected chi connectivity index (χ1v) is 9.68. The lowest BCUT2D eigenvalue weighted by molar-refractivity contribution is -0.129. The predicted octanol–water partition coefficient (Wildman–Crippen LogP) is 3.15. The molecule has 0 saturated carbocycles. The number of nitrogens with one attached hydrogen (secondary N) is 1. The first kappa shape index (κ1) is 18.2. The summed E-state index contributed by atoms with van der Waals surface area (Å²) in [6.45, 7) is 3.75. The summed E-state index contributed by atoms with van der Waals surface area (Å²) < 4.78 is 1.85. The van der Waals surface area contributed by atoms with Crippen molar-refractivity contribution in [2.24, 2.45) is 0 Å². The van der Waals surface area contributed by atoms with E-state index in [-0.39, 0.29) is 24.8 Å². The van der Waals surface area contributed by atoms with E-state index in [1.54, 1.807) is 0 Å². The number of hydrogen-bond acceptors (Lipinski definition) is 3. The Balaban J connectivity index is 1.56. The number of rotatable bonds is 5. The number of imidazole rings is 1. The minimum Gasteiger partial charge on any atom is -0.342 e. The second-order valence-corrected chi connectivity index (χ2v) is 7.28. The molecule has 1 aliphatic rings. The van der Waals surface area contributed by atoms with Gasteiger partial charge in [-0.1, -0.05) is 29.8 Å². The van der Waals surface area contributed by atoms with Crippen molar-refractivity contribution in [1.29, 1.82) is 0 Å². The largest absolute Gasteiger partial charge is 0.342 e. The average Bonchev–Trinajstić information content (AvgIpc) is 3.33. The maximum Gasteiger partial charge on any atom is 0.244 e. The van der Waals surface area contributed by atoms with Crippen molar-refractivity contribution in [2.75, 3.05) is 18.4 Å². The molecule has 0 aliphatic carbocycles. The summed E-state index contributed by atoms with van der Waals surface area (Å²) >= 11 is 0. The number of benzene rings is 2. The number of aromatic nitrogens is 2. The zero-order valence-corrected chi connectivity index (χ0v) is 16.0. The lowest BCUT2D eigenvalue weighted by Crippen LogP contribution is -2.30. The van der Waals surface area contributed by atoms with Gasteiger partial charge in [0.1, 0.15) is 12.4 Å². The van der Waals surface area contributed by atoms with E-state index in [1.807, 2.05) is 64.9 Å². The smallest absolute Gasteiger partial charge is 0.244 e. The van der Waals surface area contributed by atoms with Gasteiger partial charge in [-0.25, -0.2) is 4.98 Å². The molecule has 144 valence electrons. The van der Waals surface area contributed by atoms with E-state index < -0.39 is 0 Å². The summed E-state index contributed by atoms with van der Waals surface area (Å²) in [5.74, 6) is 0.576. The molecule has 28 heavy (non-hydrogen) atoms. The predicted molar refractivity (Wildman–Crippen MR) is 109 cm³/mol. The Labute approximate surface area is 164 Å². The standard InChI is InChI=1S/C22H24N4O2/c1-16-8-10-17(11-9-16)23-21(27)15-26-19-7-3-2-6-18(19)24-20(26)14-22(28)25-12-4-5-13-25/h2-3,6-11H,4-5,12-15H2,1H3,(H,23,27). The maximum absolute atomic E-state index is 12.6. The maximum atomic E-state index is 12.6. The van der Waals surface area contributed by atoms with Crippen LogP contribution in [-0.2, 0) is 22.6 Å². The molecule has 2 amide bonds. The number of anilines is 1. The Morgan fingerprint density at radius 3 is 2.50 bits per heavy atom. The monoisotopic (exact) mass is 376 g/mol. The number of nitrogens with zero attached hydrogens (tertiary/aromatic N) is 3. The molecule has 1 N–H and O–H groups in total. The molecule has 2 aromatic carbocycles. The Kier molecular flexibility index (Phi) is 5.10. The second kappa shape index (κ2) is 7.84. The number of aryl methyl sites for hydroxylation is 1. The van der Waals surface area contributed by atoms with Crippen LogP contribution in [-0.4, -0.2) is 39.4 Å². The molecular formula is C22H24N4O2. The summed E-state index contributed by atoms with van der Waals surface area (Å²) in [7, 11) is 0. The molecule has 6 nitrogen and oxygen atoms in total. The molecule has 4 rings (SSSR count). The number of carbonyl (C=O) groups is 2. The van der Waals surface area contributed by atoms with Crippen LogP contribution < -0.4 is 5.32 Å². The minimum absolute atomic E-state index is 0.0769. The van der Waals surface area contributed by atoms with E-state index in [0.717, 1.165) is 48.2 Å². The zero-order valence-electron chi connectivity index (χ0n) is 16.0. The number of likely N-dealkylation sites (tertiary alicyclic amines) is 1. The van der Waals surface area contributed by atoms with Crippen molar-refractivity contribution >= 4 is 28.5 Å². The average molecular weight is 376 g/mol. The molecule has 0 spiro atoms.